The largest absolute Gasteiger partial charge is 0.451 e. The highest BCUT2D eigenvalue weighted by molar-refractivity contribution is 6.00. The summed E-state index contributed by atoms with van der Waals surface area (Å²) in [7, 11) is 0. The molecule has 9 nitrogen and oxygen atoms in total. The first kappa shape index (κ1) is 23.3. The van der Waals surface area contributed by atoms with Crippen LogP contribution < -0.4 is 5.73 Å². The lowest BCUT2D eigenvalue weighted by atomic mass is 10.1. The van der Waals surface area contributed by atoms with E-state index in [9.17, 15) is 22.0 Å². The third-order valence-corrected chi connectivity index (χ3v) is 5.61. The van der Waals surface area contributed by atoms with E-state index in [1.54, 1.807) is 10.8 Å². The van der Waals surface area contributed by atoms with Crippen LogP contribution in [0.3, 0.4) is 0 Å². The highest BCUT2D eigenvalue weighted by atomic mass is 19.4. The molecule has 0 aliphatic rings. The van der Waals surface area contributed by atoms with Crippen LogP contribution in [0.15, 0.2) is 49.3 Å². The fraction of sp³-hybridized carbons (Fsp3) is 0.182. The lowest BCUT2D eigenvalue weighted by Crippen LogP contribution is -2.10. The maximum atomic E-state index is 14.3. The Labute approximate surface area is 199 Å². The van der Waals surface area contributed by atoms with Crippen molar-refractivity contribution in [1.29, 1.82) is 0 Å². The lowest BCUT2D eigenvalue weighted by Gasteiger charge is -2.15. The Bertz CT molecular complexity index is 1560. The highest BCUT2D eigenvalue weighted by Crippen LogP contribution is 2.36. The van der Waals surface area contributed by atoms with Gasteiger partial charge in [-0.25, -0.2) is 33.4 Å². The fourth-order valence-electron chi connectivity index (χ4n) is 3.94. The van der Waals surface area contributed by atoms with Crippen molar-refractivity contribution in [3.63, 3.8) is 0 Å². The van der Waals surface area contributed by atoms with E-state index >= 15 is 0 Å². The van der Waals surface area contributed by atoms with Gasteiger partial charge in [-0.1, -0.05) is 18.2 Å². The molecule has 0 aliphatic carbocycles. The Balaban J connectivity index is 1.62. The first-order valence-electron chi connectivity index (χ1n) is 10.6. The molecular formula is C22H16F5N9. The average molecular weight is 501 g/mol. The molecular weight excluding hydrogens is 485 g/mol. The first-order chi connectivity index (χ1) is 17.2. The fourth-order valence-corrected chi connectivity index (χ4v) is 3.94. The van der Waals surface area contributed by atoms with Crippen molar-refractivity contribution >= 4 is 16.9 Å². The molecule has 0 saturated heterocycles. The molecule has 36 heavy (non-hydrogen) atoms. The van der Waals surface area contributed by atoms with E-state index < -0.39 is 29.7 Å². The van der Waals surface area contributed by atoms with E-state index in [-0.39, 0.29) is 17.1 Å². The van der Waals surface area contributed by atoms with Crippen LogP contribution in [0.4, 0.5) is 27.8 Å². The molecule has 0 fully saturated rings. The molecule has 1 unspecified atom stereocenters. The molecule has 5 aromatic rings. The van der Waals surface area contributed by atoms with E-state index in [1.165, 1.54) is 24.7 Å². The van der Waals surface area contributed by atoms with Gasteiger partial charge in [0.25, 0.3) is 0 Å². The van der Waals surface area contributed by atoms with Crippen molar-refractivity contribution in [1.82, 2.24) is 39.5 Å². The summed E-state index contributed by atoms with van der Waals surface area (Å²) in [5.41, 5.74) is 7.47. The summed E-state index contributed by atoms with van der Waals surface area (Å²) in [4.78, 5) is 15.2. The normalized spacial score (nSPS) is 12.8. The third kappa shape index (κ3) is 3.89. The Kier molecular flexibility index (Phi) is 5.57. The first-order valence-corrected chi connectivity index (χ1v) is 10.6. The minimum absolute atomic E-state index is 0.106. The van der Waals surface area contributed by atoms with Crippen LogP contribution in [0.1, 0.15) is 30.9 Å². The van der Waals surface area contributed by atoms with Crippen LogP contribution in [0, 0.1) is 11.6 Å². The molecule has 1 aromatic carbocycles. The van der Waals surface area contributed by atoms with Crippen molar-refractivity contribution in [3.05, 3.63) is 72.5 Å². The summed E-state index contributed by atoms with van der Waals surface area (Å²) in [5.74, 6) is -3.26. The summed E-state index contributed by atoms with van der Waals surface area (Å²) in [6, 6.07) is 3.22. The van der Waals surface area contributed by atoms with Gasteiger partial charge in [0, 0.05) is 29.7 Å². The molecule has 2 N–H and O–H groups in total. The SMILES string of the molecule is CCC(c1cn(-c2cccc(F)c2F)nn1)n1cc(-c2cnc(C(F)(F)F)nc2)c2c(N)ncnc21. The molecule has 5 rings (SSSR count). The molecule has 0 saturated carbocycles. The zero-order chi connectivity index (χ0) is 25.6. The minimum atomic E-state index is -4.69. The summed E-state index contributed by atoms with van der Waals surface area (Å²) in [6.45, 7) is 1.86. The van der Waals surface area contributed by atoms with Gasteiger partial charge in [-0.3, -0.25) is 0 Å². The molecule has 184 valence electrons. The Morgan fingerprint density at radius 2 is 1.78 bits per heavy atom. The summed E-state index contributed by atoms with van der Waals surface area (Å²) >= 11 is 0. The smallest absolute Gasteiger partial charge is 0.383 e. The molecule has 0 amide bonds. The maximum absolute atomic E-state index is 14.3. The summed E-state index contributed by atoms with van der Waals surface area (Å²) in [6.07, 6.45) is 2.24. The third-order valence-electron chi connectivity index (χ3n) is 5.61. The van der Waals surface area contributed by atoms with Crippen LogP contribution in [0.5, 0.6) is 0 Å². The number of rotatable bonds is 5. The number of aromatic nitrogens is 8. The monoisotopic (exact) mass is 501 g/mol. The molecule has 0 aliphatic heterocycles. The molecule has 4 aromatic heterocycles. The second-order valence-corrected chi connectivity index (χ2v) is 7.79. The summed E-state index contributed by atoms with van der Waals surface area (Å²) < 4.78 is 69.6. The number of anilines is 1. The number of hydrogen-bond donors (Lipinski definition) is 1. The molecule has 4 heterocycles. The maximum Gasteiger partial charge on any atom is 0.451 e. The molecule has 14 heteroatoms. The number of benzene rings is 1. The quantitative estimate of drug-likeness (QED) is 0.356. The van der Waals surface area contributed by atoms with Gasteiger partial charge in [0.15, 0.2) is 11.6 Å². The van der Waals surface area contributed by atoms with Crippen molar-refractivity contribution < 1.29 is 22.0 Å². The van der Waals surface area contributed by atoms with Crippen molar-refractivity contribution in [3.8, 4) is 16.8 Å². The van der Waals surface area contributed by atoms with Gasteiger partial charge in [0.2, 0.25) is 5.82 Å². The second kappa shape index (κ2) is 8.62. The number of fused-ring (bicyclic) bond motifs is 1. The molecule has 0 radical (unpaired) electrons. The molecule has 0 spiro atoms. The van der Waals surface area contributed by atoms with Crippen LogP contribution >= 0.6 is 0 Å². The van der Waals surface area contributed by atoms with Crippen molar-refractivity contribution in [2.24, 2.45) is 0 Å². The van der Waals surface area contributed by atoms with Gasteiger partial charge >= 0.3 is 6.18 Å². The zero-order valence-electron chi connectivity index (χ0n) is 18.4. The van der Waals surface area contributed by atoms with Crippen molar-refractivity contribution in [2.45, 2.75) is 25.6 Å². The lowest BCUT2D eigenvalue weighted by molar-refractivity contribution is -0.144. The number of nitrogens with two attached hydrogens (primary N) is 1. The molecule has 1 atom stereocenters. The zero-order valence-corrected chi connectivity index (χ0v) is 18.4. The Morgan fingerprint density at radius 1 is 1.03 bits per heavy atom. The predicted molar refractivity (Wildman–Crippen MR) is 118 cm³/mol. The number of hydrogen-bond acceptors (Lipinski definition) is 7. The van der Waals surface area contributed by atoms with Gasteiger partial charge in [0.05, 0.1) is 17.6 Å². The number of halogens is 5. The highest BCUT2D eigenvalue weighted by Gasteiger charge is 2.34. The van der Waals surface area contributed by atoms with Gasteiger partial charge < -0.3 is 10.3 Å². The number of nitrogens with zero attached hydrogens (tertiary/aromatic N) is 8. The van der Waals surface area contributed by atoms with Gasteiger partial charge in [-0.15, -0.1) is 5.10 Å². The van der Waals surface area contributed by atoms with Crippen LogP contribution in [-0.2, 0) is 6.18 Å². The topological polar surface area (TPSA) is 113 Å². The summed E-state index contributed by atoms with van der Waals surface area (Å²) in [5, 5.41) is 8.47. The standard InChI is InChI=1S/C22H16F5N9/c1-2-15(14-9-36(34-33-14)16-5-3-4-13(23)18(16)24)35-8-12(17-19(28)31-10-32-20(17)35)11-6-29-21(30-7-11)22(25,26)27/h3-10,15H,2H2,1H3,(H2,28,31,32). The van der Waals surface area contributed by atoms with E-state index in [0.717, 1.165) is 23.1 Å². The average Bonchev–Trinajstić information content (AvgIpc) is 3.48. The van der Waals surface area contributed by atoms with Crippen LogP contribution in [0.2, 0.25) is 0 Å². The second-order valence-electron chi connectivity index (χ2n) is 7.79. The molecule has 0 bridgehead atoms. The van der Waals surface area contributed by atoms with E-state index in [1.807, 2.05) is 6.92 Å². The van der Waals surface area contributed by atoms with E-state index in [4.69, 9.17) is 5.73 Å². The number of nitrogen functional groups attached to an aromatic ring is 1. The van der Waals surface area contributed by atoms with Gasteiger partial charge in [-0.05, 0) is 18.6 Å². The van der Waals surface area contributed by atoms with E-state index in [2.05, 4.69) is 30.2 Å². The predicted octanol–water partition coefficient (Wildman–Crippen LogP) is 4.35. The van der Waals surface area contributed by atoms with Crippen molar-refractivity contribution in [2.75, 3.05) is 5.73 Å². The van der Waals surface area contributed by atoms with E-state index in [0.29, 0.717) is 28.7 Å². The van der Waals surface area contributed by atoms with Gasteiger partial charge in [0.1, 0.15) is 29.2 Å². The van der Waals surface area contributed by atoms with Gasteiger partial charge in [-0.2, -0.15) is 13.2 Å². The van der Waals surface area contributed by atoms with Crippen LogP contribution in [-0.4, -0.2) is 39.5 Å². The minimum Gasteiger partial charge on any atom is -0.383 e. The van der Waals surface area contributed by atoms with Crippen LogP contribution in [0.25, 0.3) is 27.8 Å². The Morgan fingerprint density at radius 3 is 2.47 bits per heavy atom. The number of alkyl halides is 3. The Hall–Kier alpha value is -4.49.